The number of carbonyl (C=O) groups is 2. The lowest BCUT2D eigenvalue weighted by atomic mass is 10.1. The van der Waals surface area contributed by atoms with E-state index in [9.17, 15) is 9.59 Å². The van der Waals surface area contributed by atoms with Crippen molar-refractivity contribution in [2.75, 3.05) is 6.54 Å². The van der Waals surface area contributed by atoms with Crippen LogP contribution >= 0.6 is 0 Å². The van der Waals surface area contributed by atoms with E-state index < -0.39 is 0 Å². The third-order valence-electron chi connectivity index (χ3n) is 2.18. The summed E-state index contributed by atoms with van der Waals surface area (Å²) < 4.78 is 0. The highest BCUT2D eigenvalue weighted by molar-refractivity contribution is 5.78. The van der Waals surface area contributed by atoms with Crippen LogP contribution in [0.25, 0.3) is 6.08 Å². The van der Waals surface area contributed by atoms with Crippen LogP contribution in [0, 0.1) is 0 Å². The standard InChI is InChI=1S/C14H17NO2/c1-11(16)9-14-6-3-5-13(10-14)7-4-8-15-12(2)17/h3-7,10H,8-9H2,1-2H3,(H,15,17). The summed E-state index contributed by atoms with van der Waals surface area (Å²) >= 11 is 0. The first-order valence-corrected chi connectivity index (χ1v) is 5.57. The van der Waals surface area contributed by atoms with Crippen LogP contribution in [0.2, 0.25) is 0 Å². The number of rotatable bonds is 5. The Balaban J connectivity index is 2.59. The van der Waals surface area contributed by atoms with Gasteiger partial charge in [0.15, 0.2) is 0 Å². The summed E-state index contributed by atoms with van der Waals surface area (Å²) in [4.78, 5) is 21.6. The summed E-state index contributed by atoms with van der Waals surface area (Å²) in [6.07, 6.45) is 4.28. The van der Waals surface area contributed by atoms with Gasteiger partial charge >= 0.3 is 0 Å². The maximum absolute atomic E-state index is 11.0. The third-order valence-corrected chi connectivity index (χ3v) is 2.18. The van der Waals surface area contributed by atoms with Crippen molar-refractivity contribution in [3.8, 4) is 0 Å². The van der Waals surface area contributed by atoms with Crippen molar-refractivity contribution in [3.05, 3.63) is 41.5 Å². The largest absolute Gasteiger partial charge is 0.353 e. The molecule has 0 spiro atoms. The fraction of sp³-hybridized carbons (Fsp3) is 0.286. The molecule has 0 atom stereocenters. The van der Waals surface area contributed by atoms with Crippen LogP contribution in [0.3, 0.4) is 0 Å². The lowest BCUT2D eigenvalue weighted by Crippen LogP contribution is -2.19. The molecule has 0 saturated carbocycles. The Morgan fingerprint density at radius 2 is 2.06 bits per heavy atom. The van der Waals surface area contributed by atoms with Crippen molar-refractivity contribution >= 4 is 17.8 Å². The van der Waals surface area contributed by atoms with Gasteiger partial charge in [0.05, 0.1) is 0 Å². The zero-order valence-corrected chi connectivity index (χ0v) is 10.2. The van der Waals surface area contributed by atoms with Crippen molar-refractivity contribution in [2.45, 2.75) is 20.3 Å². The molecule has 3 nitrogen and oxygen atoms in total. The van der Waals surface area contributed by atoms with Gasteiger partial charge in [-0.05, 0) is 18.1 Å². The second-order valence-electron chi connectivity index (χ2n) is 3.96. The Morgan fingerprint density at radius 3 is 2.71 bits per heavy atom. The minimum atomic E-state index is -0.0417. The highest BCUT2D eigenvalue weighted by Gasteiger charge is 1.97. The Hall–Kier alpha value is -1.90. The van der Waals surface area contributed by atoms with Gasteiger partial charge in [-0.2, -0.15) is 0 Å². The fourth-order valence-corrected chi connectivity index (χ4v) is 1.49. The molecule has 0 saturated heterocycles. The van der Waals surface area contributed by atoms with Crippen LogP contribution in [0.4, 0.5) is 0 Å². The van der Waals surface area contributed by atoms with Crippen LogP contribution < -0.4 is 5.32 Å². The van der Waals surface area contributed by atoms with Crippen molar-refractivity contribution < 1.29 is 9.59 Å². The molecule has 1 aromatic rings. The number of benzene rings is 1. The maximum Gasteiger partial charge on any atom is 0.217 e. The smallest absolute Gasteiger partial charge is 0.217 e. The summed E-state index contributed by atoms with van der Waals surface area (Å²) in [6.45, 7) is 3.59. The van der Waals surface area contributed by atoms with E-state index >= 15 is 0 Å². The molecule has 0 fully saturated rings. The first-order chi connectivity index (χ1) is 8.08. The van der Waals surface area contributed by atoms with Crippen molar-refractivity contribution in [2.24, 2.45) is 0 Å². The van der Waals surface area contributed by atoms with Crippen molar-refractivity contribution in [3.63, 3.8) is 0 Å². The number of hydrogen-bond acceptors (Lipinski definition) is 2. The van der Waals surface area contributed by atoms with E-state index in [1.165, 1.54) is 6.92 Å². The Bertz CT molecular complexity index is 436. The van der Waals surface area contributed by atoms with E-state index in [0.29, 0.717) is 13.0 Å². The van der Waals surface area contributed by atoms with Crippen molar-refractivity contribution in [1.82, 2.24) is 5.32 Å². The number of nitrogens with one attached hydrogen (secondary N) is 1. The van der Waals surface area contributed by atoms with E-state index in [1.807, 2.05) is 36.4 Å². The van der Waals surface area contributed by atoms with Gasteiger partial charge in [0.25, 0.3) is 0 Å². The molecular formula is C14H17NO2. The quantitative estimate of drug-likeness (QED) is 0.842. The van der Waals surface area contributed by atoms with Gasteiger partial charge in [-0.25, -0.2) is 0 Å². The zero-order valence-electron chi connectivity index (χ0n) is 10.2. The molecule has 0 aromatic heterocycles. The van der Waals surface area contributed by atoms with E-state index in [0.717, 1.165) is 11.1 Å². The third kappa shape index (κ3) is 5.66. The molecule has 1 amide bonds. The SMILES string of the molecule is CC(=O)Cc1cccc(C=CCNC(C)=O)c1. The van der Waals surface area contributed by atoms with Gasteiger partial charge < -0.3 is 5.32 Å². The second kappa shape index (κ2) is 6.63. The van der Waals surface area contributed by atoms with Gasteiger partial charge in [0.1, 0.15) is 5.78 Å². The zero-order chi connectivity index (χ0) is 12.7. The normalized spacial score (nSPS) is 10.5. The Morgan fingerprint density at radius 1 is 1.29 bits per heavy atom. The van der Waals surface area contributed by atoms with Gasteiger partial charge in [0.2, 0.25) is 5.91 Å². The number of ketones is 1. The number of Topliss-reactive ketones (excluding diaryl/α,β-unsaturated/α-hetero) is 1. The molecule has 0 heterocycles. The average Bonchev–Trinajstić information content (AvgIpc) is 2.24. The summed E-state index contributed by atoms with van der Waals surface area (Å²) in [6, 6.07) is 7.81. The Labute approximate surface area is 102 Å². The lowest BCUT2D eigenvalue weighted by Gasteiger charge is -2.00. The first kappa shape index (κ1) is 13.2. The van der Waals surface area contributed by atoms with Gasteiger partial charge in [-0.1, -0.05) is 36.4 Å². The molecule has 1 rings (SSSR count). The minimum absolute atomic E-state index is 0.0417. The van der Waals surface area contributed by atoms with E-state index in [-0.39, 0.29) is 11.7 Å². The average molecular weight is 231 g/mol. The number of hydrogen-bond donors (Lipinski definition) is 1. The second-order valence-corrected chi connectivity index (χ2v) is 3.96. The molecule has 1 N–H and O–H groups in total. The van der Waals surface area contributed by atoms with E-state index in [2.05, 4.69) is 5.32 Å². The van der Waals surface area contributed by atoms with Crippen LogP contribution in [0.1, 0.15) is 25.0 Å². The molecule has 90 valence electrons. The number of carbonyl (C=O) groups excluding carboxylic acids is 2. The lowest BCUT2D eigenvalue weighted by molar-refractivity contribution is -0.119. The molecule has 3 heteroatoms. The summed E-state index contributed by atoms with van der Waals surface area (Å²) in [5.74, 6) is 0.115. The van der Waals surface area contributed by atoms with Gasteiger partial charge in [-0.15, -0.1) is 0 Å². The monoisotopic (exact) mass is 231 g/mol. The van der Waals surface area contributed by atoms with Gasteiger partial charge in [0, 0.05) is 19.9 Å². The molecule has 0 radical (unpaired) electrons. The van der Waals surface area contributed by atoms with Crippen LogP contribution in [0.5, 0.6) is 0 Å². The maximum atomic E-state index is 11.0. The summed E-state index contributed by atoms with van der Waals surface area (Å²) in [5, 5.41) is 2.68. The van der Waals surface area contributed by atoms with Crippen LogP contribution in [-0.4, -0.2) is 18.2 Å². The van der Waals surface area contributed by atoms with E-state index in [4.69, 9.17) is 0 Å². The number of amides is 1. The fourth-order valence-electron chi connectivity index (χ4n) is 1.49. The molecular weight excluding hydrogens is 214 g/mol. The topological polar surface area (TPSA) is 46.2 Å². The molecule has 0 aliphatic rings. The molecule has 0 aliphatic carbocycles. The Kier molecular flexibility index (Phi) is 5.14. The van der Waals surface area contributed by atoms with Crippen LogP contribution in [0.15, 0.2) is 30.3 Å². The highest BCUT2D eigenvalue weighted by Crippen LogP contribution is 2.08. The van der Waals surface area contributed by atoms with Crippen LogP contribution in [-0.2, 0) is 16.0 Å². The molecule has 0 unspecified atom stereocenters. The van der Waals surface area contributed by atoms with Crippen molar-refractivity contribution in [1.29, 1.82) is 0 Å². The predicted molar refractivity (Wildman–Crippen MR) is 68.5 cm³/mol. The molecule has 0 bridgehead atoms. The minimum Gasteiger partial charge on any atom is -0.353 e. The predicted octanol–water partition coefficient (Wildman–Crippen LogP) is 1.97. The molecule has 17 heavy (non-hydrogen) atoms. The summed E-state index contributed by atoms with van der Waals surface area (Å²) in [7, 11) is 0. The molecule has 1 aromatic carbocycles. The highest BCUT2D eigenvalue weighted by atomic mass is 16.1. The summed E-state index contributed by atoms with van der Waals surface area (Å²) in [5.41, 5.74) is 2.05. The van der Waals surface area contributed by atoms with Gasteiger partial charge in [-0.3, -0.25) is 9.59 Å². The molecule has 0 aliphatic heterocycles. The first-order valence-electron chi connectivity index (χ1n) is 5.57. The van der Waals surface area contributed by atoms with E-state index in [1.54, 1.807) is 6.92 Å².